The Morgan fingerprint density at radius 3 is 1.77 bits per heavy atom. The van der Waals surface area contributed by atoms with Gasteiger partial charge in [-0.2, -0.15) is 11.8 Å². The van der Waals surface area contributed by atoms with E-state index in [9.17, 15) is 33.9 Å². The molecule has 0 bridgehead atoms. The number of carbonyl (C=O) groups excluding carboxylic acids is 4. The average molecular weight is 520 g/mol. The minimum atomic E-state index is -1.28. The van der Waals surface area contributed by atoms with Crippen LogP contribution in [0.25, 0.3) is 0 Å². The van der Waals surface area contributed by atoms with Crippen LogP contribution >= 0.6 is 11.8 Å². The van der Waals surface area contributed by atoms with Gasteiger partial charge in [0.15, 0.2) is 0 Å². The fourth-order valence-electron chi connectivity index (χ4n) is 2.99. The number of hydrogen-bond donors (Lipinski definition) is 7. The van der Waals surface area contributed by atoms with Gasteiger partial charge in [-0.05, 0) is 43.6 Å². The van der Waals surface area contributed by atoms with Gasteiger partial charge >= 0.3 is 11.9 Å². The van der Waals surface area contributed by atoms with E-state index in [0.29, 0.717) is 5.75 Å². The van der Waals surface area contributed by atoms with Crippen LogP contribution in [0, 0.1) is 5.92 Å². The molecule has 0 saturated heterocycles. The predicted molar refractivity (Wildman–Crippen MR) is 129 cm³/mol. The minimum Gasteiger partial charge on any atom is -0.481 e. The van der Waals surface area contributed by atoms with Gasteiger partial charge in [0.05, 0.1) is 6.04 Å². The second kappa shape index (κ2) is 16.7. The summed E-state index contributed by atoms with van der Waals surface area (Å²) in [6.07, 6.45) is 1.24. The van der Waals surface area contributed by atoms with Crippen LogP contribution in [0.2, 0.25) is 0 Å². The quantitative estimate of drug-likeness (QED) is 0.114. The van der Waals surface area contributed by atoms with Crippen LogP contribution < -0.4 is 27.4 Å². The summed E-state index contributed by atoms with van der Waals surface area (Å²) in [7, 11) is 0. The molecule has 4 amide bonds. The molecule has 0 heterocycles. The summed E-state index contributed by atoms with van der Waals surface area (Å²) in [5.74, 6) is -4.92. The lowest BCUT2D eigenvalue weighted by Gasteiger charge is -2.25. The molecule has 4 unspecified atom stereocenters. The van der Waals surface area contributed by atoms with Crippen molar-refractivity contribution in [3.63, 3.8) is 0 Å². The number of hydrogen-bond acceptors (Lipinski definition) is 8. The van der Waals surface area contributed by atoms with Crippen LogP contribution in [0.5, 0.6) is 0 Å². The number of carboxylic acid groups (broad SMARTS) is 2. The number of carbonyl (C=O) groups is 6. The molecule has 0 fully saturated rings. The Bertz CT molecular complexity index is 764. The van der Waals surface area contributed by atoms with E-state index in [2.05, 4.69) is 16.0 Å². The maximum atomic E-state index is 12.9. The van der Waals surface area contributed by atoms with E-state index < -0.39 is 59.7 Å². The number of carboxylic acids is 2. The molecule has 0 aromatic rings. The molecule has 14 heteroatoms. The van der Waals surface area contributed by atoms with Crippen molar-refractivity contribution in [2.75, 3.05) is 12.0 Å². The zero-order valence-electron chi connectivity index (χ0n) is 20.2. The summed E-state index contributed by atoms with van der Waals surface area (Å²) in [5.41, 5.74) is 10.9. The lowest BCUT2D eigenvalue weighted by Crippen LogP contribution is -2.57. The van der Waals surface area contributed by atoms with Gasteiger partial charge in [0.25, 0.3) is 0 Å². The van der Waals surface area contributed by atoms with E-state index in [1.54, 1.807) is 20.1 Å². The van der Waals surface area contributed by atoms with Gasteiger partial charge in [-0.1, -0.05) is 13.8 Å². The maximum absolute atomic E-state index is 12.9. The van der Waals surface area contributed by atoms with Crippen molar-refractivity contribution in [2.24, 2.45) is 17.4 Å². The first-order valence-electron chi connectivity index (χ1n) is 11.2. The number of amides is 4. The molecule has 0 aromatic heterocycles. The van der Waals surface area contributed by atoms with Gasteiger partial charge in [-0.15, -0.1) is 0 Å². The highest BCUT2D eigenvalue weighted by Crippen LogP contribution is 2.08. The van der Waals surface area contributed by atoms with Crippen molar-refractivity contribution in [2.45, 2.75) is 76.5 Å². The molecule has 200 valence electrons. The Balaban J connectivity index is 5.51. The van der Waals surface area contributed by atoms with E-state index >= 15 is 0 Å². The predicted octanol–water partition coefficient (Wildman–Crippen LogP) is -1.22. The Hall–Kier alpha value is -2.87. The molecule has 13 nitrogen and oxygen atoms in total. The lowest BCUT2D eigenvalue weighted by molar-refractivity contribution is -0.143. The largest absolute Gasteiger partial charge is 0.481 e. The van der Waals surface area contributed by atoms with Gasteiger partial charge in [0.1, 0.15) is 18.1 Å². The summed E-state index contributed by atoms with van der Waals surface area (Å²) >= 11 is 1.41. The molecule has 0 aliphatic carbocycles. The van der Waals surface area contributed by atoms with Gasteiger partial charge in [-0.25, -0.2) is 4.79 Å². The summed E-state index contributed by atoms with van der Waals surface area (Å²) in [6, 6.07) is -4.73. The average Bonchev–Trinajstić information content (AvgIpc) is 2.76. The van der Waals surface area contributed by atoms with E-state index in [1.165, 1.54) is 11.8 Å². The van der Waals surface area contributed by atoms with Gasteiger partial charge in [0, 0.05) is 12.8 Å². The molecule has 0 aromatic carbocycles. The Morgan fingerprint density at radius 1 is 0.800 bits per heavy atom. The fraction of sp³-hybridized carbons (Fsp3) is 0.714. The molecule has 9 N–H and O–H groups in total. The third kappa shape index (κ3) is 14.2. The summed E-state index contributed by atoms with van der Waals surface area (Å²) in [4.78, 5) is 71.6. The number of thioether (sulfide) groups is 1. The van der Waals surface area contributed by atoms with Crippen molar-refractivity contribution in [1.82, 2.24) is 16.0 Å². The molecule has 0 saturated carbocycles. The molecule has 0 aliphatic heterocycles. The van der Waals surface area contributed by atoms with Crippen molar-refractivity contribution in [3.8, 4) is 0 Å². The molecule has 0 rings (SSSR count). The molecular formula is C21H37N5O8S. The van der Waals surface area contributed by atoms with Crippen LogP contribution in [-0.2, 0) is 28.8 Å². The first-order chi connectivity index (χ1) is 16.3. The van der Waals surface area contributed by atoms with Gasteiger partial charge in [-0.3, -0.25) is 24.0 Å². The fourth-order valence-corrected chi connectivity index (χ4v) is 3.46. The van der Waals surface area contributed by atoms with Crippen molar-refractivity contribution < 1.29 is 39.0 Å². The second-order valence-electron chi connectivity index (χ2n) is 8.48. The Kier molecular flexibility index (Phi) is 15.3. The van der Waals surface area contributed by atoms with Gasteiger partial charge < -0.3 is 37.6 Å². The summed E-state index contributed by atoms with van der Waals surface area (Å²) in [6.45, 7) is 3.57. The number of aliphatic carboxylic acids is 2. The SMILES string of the molecule is CSCCC(NC(=O)C(N)CCC(=O)O)C(=O)NC(CCC(N)=O)C(=O)NC(CC(C)C)C(=O)O. The first kappa shape index (κ1) is 32.1. The smallest absolute Gasteiger partial charge is 0.326 e. The molecule has 35 heavy (non-hydrogen) atoms. The first-order valence-corrected chi connectivity index (χ1v) is 12.6. The maximum Gasteiger partial charge on any atom is 0.326 e. The number of rotatable bonds is 18. The highest BCUT2D eigenvalue weighted by Gasteiger charge is 2.30. The van der Waals surface area contributed by atoms with Crippen molar-refractivity contribution in [3.05, 3.63) is 0 Å². The van der Waals surface area contributed by atoms with Crippen molar-refractivity contribution >= 4 is 47.3 Å². The molecule has 4 atom stereocenters. The van der Waals surface area contributed by atoms with Crippen molar-refractivity contribution in [1.29, 1.82) is 0 Å². The zero-order valence-corrected chi connectivity index (χ0v) is 21.1. The third-order valence-electron chi connectivity index (χ3n) is 4.88. The number of nitrogens with two attached hydrogens (primary N) is 2. The number of nitrogens with one attached hydrogen (secondary N) is 3. The van der Waals surface area contributed by atoms with E-state index in [1.807, 2.05) is 0 Å². The molecule has 0 aliphatic rings. The van der Waals surface area contributed by atoms with E-state index in [4.69, 9.17) is 16.6 Å². The number of primary amides is 1. The van der Waals surface area contributed by atoms with Crippen LogP contribution in [0.15, 0.2) is 0 Å². The zero-order chi connectivity index (χ0) is 27.1. The van der Waals surface area contributed by atoms with Crippen LogP contribution in [-0.4, -0.2) is 82.0 Å². The Labute approximate surface area is 208 Å². The highest BCUT2D eigenvalue weighted by molar-refractivity contribution is 7.98. The van der Waals surface area contributed by atoms with E-state index in [-0.39, 0.29) is 44.4 Å². The topological polar surface area (TPSA) is 231 Å². The second-order valence-corrected chi connectivity index (χ2v) is 9.46. The monoisotopic (exact) mass is 519 g/mol. The van der Waals surface area contributed by atoms with Crippen LogP contribution in [0.3, 0.4) is 0 Å². The molecule has 0 spiro atoms. The lowest BCUT2D eigenvalue weighted by atomic mass is 10.0. The van der Waals surface area contributed by atoms with E-state index in [0.717, 1.165) is 0 Å². The minimum absolute atomic E-state index is 0.0356. The standard InChI is InChI=1S/C21H37N5O8S/c1-11(2)10-15(21(33)34)26-19(31)13(5-6-16(23)27)25-20(32)14(8-9-35-3)24-18(30)12(22)4-7-17(28)29/h11-15H,4-10,22H2,1-3H3,(H2,23,27)(H,24,30)(H,25,32)(H,26,31)(H,28,29)(H,33,34). The highest BCUT2D eigenvalue weighted by atomic mass is 32.2. The normalized spacial score (nSPS) is 14.3. The molecule has 0 radical (unpaired) electrons. The summed E-state index contributed by atoms with van der Waals surface area (Å²) in [5, 5.41) is 25.5. The van der Waals surface area contributed by atoms with Gasteiger partial charge in [0.2, 0.25) is 23.6 Å². The molecular weight excluding hydrogens is 482 g/mol. The Morgan fingerprint density at radius 2 is 1.31 bits per heavy atom. The van der Waals surface area contributed by atoms with Crippen LogP contribution in [0.4, 0.5) is 0 Å². The van der Waals surface area contributed by atoms with Crippen LogP contribution in [0.1, 0.15) is 52.4 Å². The third-order valence-corrected chi connectivity index (χ3v) is 5.53. The summed E-state index contributed by atoms with van der Waals surface area (Å²) < 4.78 is 0.